The number of anilines is 2. The number of hydrogen-bond donors (Lipinski definition) is 2. The first-order valence-electron chi connectivity index (χ1n) is 5.71. The van der Waals surface area contributed by atoms with Crippen molar-refractivity contribution in [3.05, 3.63) is 30.9 Å². The summed E-state index contributed by atoms with van der Waals surface area (Å²) in [7, 11) is 0. The van der Waals surface area contributed by atoms with Crippen molar-refractivity contribution < 1.29 is 14.3 Å². The third-order valence-corrected chi connectivity index (χ3v) is 2.31. The van der Waals surface area contributed by atoms with Gasteiger partial charge in [0.25, 0.3) is 0 Å². The highest BCUT2D eigenvalue weighted by Crippen LogP contribution is 2.26. The second kappa shape index (κ2) is 7.21. The number of benzene rings is 1. The molecule has 0 bridgehead atoms. The molecule has 5 heteroatoms. The van der Waals surface area contributed by atoms with Gasteiger partial charge >= 0.3 is 5.97 Å². The Morgan fingerprint density at radius 3 is 2.72 bits per heavy atom. The Balaban J connectivity index is 2.20. The zero-order chi connectivity index (χ0) is 13.4. The maximum atomic E-state index is 10.7. The highest BCUT2D eigenvalue weighted by Gasteiger charge is 2.02. The van der Waals surface area contributed by atoms with Crippen molar-refractivity contribution in [3.8, 4) is 5.75 Å². The number of hydrogen-bond acceptors (Lipinski definition) is 5. The molecular weight excluding hydrogens is 232 g/mol. The number of esters is 1. The minimum Gasteiger partial charge on any atom is -0.491 e. The highest BCUT2D eigenvalue weighted by atomic mass is 16.5. The first kappa shape index (κ1) is 13.9. The molecule has 0 spiro atoms. The normalized spacial score (nSPS) is 9.78. The second-order valence-corrected chi connectivity index (χ2v) is 3.69. The number of ether oxygens (including phenoxy) is 2. The van der Waals surface area contributed by atoms with E-state index in [1.807, 2.05) is 0 Å². The Labute approximate surface area is 106 Å². The number of unbranched alkanes of at least 4 members (excludes halogenated alkanes) is 1. The molecule has 1 rings (SSSR count). The van der Waals surface area contributed by atoms with Crippen molar-refractivity contribution in [2.75, 3.05) is 24.7 Å². The molecule has 0 aliphatic carbocycles. The molecule has 98 valence electrons. The van der Waals surface area contributed by atoms with Crippen LogP contribution in [-0.4, -0.2) is 19.2 Å². The summed E-state index contributed by atoms with van der Waals surface area (Å²) in [4.78, 5) is 10.7. The molecule has 18 heavy (non-hydrogen) atoms. The number of nitrogen functional groups attached to an aromatic ring is 2. The van der Waals surface area contributed by atoms with Crippen molar-refractivity contribution in [1.29, 1.82) is 0 Å². The first-order valence-corrected chi connectivity index (χ1v) is 5.71. The van der Waals surface area contributed by atoms with Crippen LogP contribution in [0, 0.1) is 0 Å². The molecule has 4 N–H and O–H groups in total. The van der Waals surface area contributed by atoms with Crippen molar-refractivity contribution in [3.63, 3.8) is 0 Å². The van der Waals surface area contributed by atoms with Gasteiger partial charge in [-0.3, -0.25) is 0 Å². The lowest BCUT2D eigenvalue weighted by atomic mass is 10.2. The van der Waals surface area contributed by atoms with E-state index >= 15 is 0 Å². The number of para-hydroxylation sites is 1. The number of carbonyl (C=O) groups excluding carboxylic acids is 1. The Bertz CT molecular complexity index is 419. The predicted molar refractivity (Wildman–Crippen MR) is 71.2 cm³/mol. The summed E-state index contributed by atoms with van der Waals surface area (Å²) in [6.45, 7) is 4.17. The molecule has 0 radical (unpaired) electrons. The van der Waals surface area contributed by atoms with E-state index in [0.717, 1.165) is 18.9 Å². The van der Waals surface area contributed by atoms with Crippen LogP contribution in [0.4, 0.5) is 11.4 Å². The fraction of sp³-hybridized carbons (Fsp3) is 0.308. The molecule has 5 nitrogen and oxygen atoms in total. The van der Waals surface area contributed by atoms with Crippen LogP contribution in [0.3, 0.4) is 0 Å². The molecule has 0 unspecified atom stereocenters. The fourth-order valence-electron chi connectivity index (χ4n) is 1.30. The zero-order valence-electron chi connectivity index (χ0n) is 10.2. The van der Waals surface area contributed by atoms with E-state index in [2.05, 4.69) is 6.58 Å². The molecule has 0 saturated carbocycles. The molecule has 0 saturated heterocycles. The van der Waals surface area contributed by atoms with Crippen LogP contribution in [0.2, 0.25) is 0 Å². The van der Waals surface area contributed by atoms with Crippen molar-refractivity contribution in [1.82, 2.24) is 0 Å². The monoisotopic (exact) mass is 250 g/mol. The minimum atomic E-state index is -0.406. The van der Waals surface area contributed by atoms with Gasteiger partial charge in [-0.15, -0.1) is 0 Å². The minimum absolute atomic E-state index is 0.362. The van der Waals surface area contributed by atoms with E-state index in [1.165, 1.54) is 0 Å². The molecule has 0 aromatic heterocycles. The number of nitrogens with two attached hydrogens (primary N) is 2. The Morgan fingerprint density at radius 2 is 2.00 bits per heavy atom. The van der Waals surface area contributed by atoms with Crippen LogP contribution >= 0.6 is 0 Å². The molecule has 1 aromatic carbocycles. The second-order valence-electron chi connectivity index (χ2n) is 3.69. The SMILES string of the molecule is C=CC(=O)OCCCCOc1cccc(N)c1N. The molecule has 1 aromatic rings. The van der Waals surface area contributed by atoms with Crippen LogP contribution in [0.25, 0.3) is 0 Å². The lowest BCUT2D eigenvalue weighted by Crippen LogP contribution is -2.05. The topological polar surface area (TPSA) is 87.6 Å². The van der Waals surface area contributed by atoms with E-state index < -0.39 is 5.97 Å². The largest absolute Gasteiger partial charge is 0.491 e. The number of rotatable bonds is 7. The van der Waals surface area contributed by atoms with Crippen LogP contribution in [0.5, 0.6) is 5.75 Å². The van der Waals surface area contributed by atoms with Crippen molar-refractivity contribution in [2.24, 2.45) is 0 Å². The first-order chi connectivity index (χ1) is 8.65. The van der Waals surface area contributed by atoms with Gasteiger partial charge in [0.2, 0.25) is 0 Å². The quantitative estimate of drug-likeness (QED) is 0.333. The Kier molecular flexibility index (Phi) is 5.57. The molecule has 0 aliphatic rings. The molecule has 0 atom stereocenters. The average Bonchev–Trinajstić information content (AvgIpc) is 2.38. The third-order valence-electron chi connectivity index (χ3n) is 2.31. The third kappa shape index (κ3) is 4.37. The maximum absolute atomic E-state index is 10.7. The van der Waals surface area contributed by atoms with E-state index in [1.54, 1.807) is 18.2 Å². The summed E-state index contributed by atoms with van der Waals surface area (Å²) < 4.78 is 10.3. The molecule has 0 aliphatic heterocycles. The molecule has 0 amide bonds. The van der Waals surface area contributed by atoms with Crippen LogP contribution in [-0.2, 0) is 9.53 Å². The van der Waals surface area contributed by atoms with Crippen LogP contribution in [0.1, 0.15) is 12.8 Å². The summed E-state index contributed by atoms with van der Waals surface area (Å²) in [6.07, 6.45) is 2.63. The summed E-state index contributed by atoms with van der Waals surface area (Å²) >= 11 is 0. The average molecular weight is 250 g/mol. The van der Waals surface area contributed by atoms with Gasteiger partial charge in [-0.25, -0.2) is 4.79 Å². The summed E-state index contributed by atoms with van der Waals surface area (Å²) in [5.41, 5.74) is 12.4. The van der Waals surface area contributed by atoms with Gasteiger partial charge in [-0.05, 0) is 25.0 Å². The standard InChI is InChI=1S/C13H18N2O3/c1-2-12(16)18-9-4-3-8-17-11-7-5-6-10(14)13(11)15/h2,5-7H,1,3-4,8-9,14-15H2. The molecule has 0 heterocycles. The fourth-order valence-corrected chi connectivity index (χ4v) is 1.30. The lowest BCUT2D eigenvalue weighted by molar-refractivity contribution is -0.137. The smallest absolute Gasteiger partial charge is 0.330 e. The van der Waals surface area contributed by atoms with Gasteiger partial charge in [-0.1, -0.05) is 12.6 Å². The van der Waals surface area contributed by atoms with Gasteiger partial charge in [0.15, 0.2) is 0 Å². The van der Waals surface area contributed by atoms with E-state index in [0.29, 0.717) is 30.3 Å². The summed E-state index contributed by atoms with van der Waals surface area (Å²) in [6, 6.07) is 5.27. The lowest BCUT2D eigenvalue weighted by Gasteiger charge is -2.10. The van der Waals surface area contributed by atoms with Gasteiger partial charge in [0, 0.05) is 6.08 Å². The Hall–Kier alpha value is -2.17. The zero-order valence-corrected chi connectivity index (χ0v) is 10.2. The maximum Gasteiger partial charge on any atom is 0.330 e. The molecule has 0 fully saturated rings. The summed E-state index contributed by atoms with van der Waals surface area (Å²) in [5, 5.41) is 0. The van der Waals surface area contributed by atoms with Gasteiger partial charge in [0.1, 0.15) is 5.75 Å². The van der Waals surface area contributed by atoms with Gasteiger partial charge < -0.3 is 20.9 Å². The predicted octanol–water partition coefficient (Wildman–Crippen LogP) is 1.74. The van der Waals surface area contributed by atoms with Crippen LogP contribution in [0.15, 0.2) is 30.9 Å². The van der Waals surface area contributed by atoms with E-state index in [-0.39, 0.29) is 0 Å². The van der Waals surface area contributed by atoms with E-state index in [4.69, 9.17) is 20.9 Å². The Morgan fingerprint density at radius 1 is 1.28 bits per heavy atom. The van der Waals surface area contributed by atoms with Crippen molar-refractivity contribution in [2.45, 2.75) is 12.8 Å². The van der Waals surface area contributed by atoms with E-state index in [9.17, 15) is 4.79 Å². The summed E-state index contributed by atoms with van der Waals surface area (Å²) in [5.74, 6) is 0.175. The molecular formula is C13H18N2O3. The van der Waals surface area contributed by atoms with Gasteiger partial charge in [0.05, 0.1) is 24.6 Å². The van der Waals surface area contributed by atoms with Gasteiger partial charge in [-0.2, -0.15) is 0 Å². The van der Waals surface area contributed by atoms with Crippen LogP contribution < -0.4 is 16.2 Å². The van der Waals surface area contributed by atoms with Crippen molar-refractivity contribution >= 4 is 17.3 Å². The number of carbonyl (C=O) groups is 1. The highest BCUT2D eigenvalue weighted by molar-refractivity contribution is 5.81.